The zero-order valence-electron chi connectivity index (χ0n) is 17.5. The first-order chi connectivity index (χ1) is 12.7. The van der Waals surface area contributed by atoms with Crippen molar-refractivity contribution in [3.63, 3.8) is 0 Å². The van der Waals surface area contributed by atoms with Crippen molar-refractivity contribution in [2.45, 2.75) is 74.9 Å². The molecule has 6 heteroatoms. The largest absolute Gasteiger partial charge is 0.448 e. The van der Waals surface area contributed by atoms with Crippen LogP contribution < -0.4 is 16.1 Å². The fourth-order valence-corrected chi connectivity index (χ4v) is 14.4. The first-order valence-corrected chi connectivity index (χ1v) is 18.5. The van der Waals surface area contributed by atoms with Crippen molar-refractivity contribution in [2.24, 2.45) is 5.73 Å². The monoisotopic (exact) mass is 481 g/mol. The molecule has 0 bridgehead atoms. The van der Waals surface area contributed by atoms with Crippen LogP contribution in [0.4, 0.5) is 0 Å². The average Bonchev–Trinajstić information content (AvgIpc) is 2.64. The lowest BCUT2D eigenvalue weighted by molar-refractivity contribution is 0.351. The van der Waals surface area contributed by atoms with Gasteiger partial charge in [0.2, 0.25) is 0 Å². The van der Waals surface area contributed by atoms with Crippen molar-refractivity contribution >= 4 is 35.3 Å². The molecule has 2 aromatic carbocycles. The molecule has 0 atom stereocenters. The third-order valence-electron chi connectivity index (χ3n) is 4.62. The minimum atomic E-state index is -2.51. The third kappa shape index (κ3) is 10.4. The Morgan fingerprint density at radius 1 is 0.710 bits per heavy atom. The van der Waals surface area contributed by atoms with E-state index in [1.54, 1.807) is 0 Å². The SMILES string of the molecule is C.C.C.C.C[Si](C)(C)OC[Si](O[Si](C)(C)CCCN)(c1ccccc1)c1ccccc1. The van der Waals surface area contributed by atoms with E-state index in [2.05, 4.69) is 93.4 Å². The predicted octanol–water partition coefficient (Wildman–Crippen LogP) is 6.25. The quantitative estimate of drug-likeness (QED) is 0.408. The first-order valence-electron chi connectivity index (χ1n) is 9.84. The molecule has 0 fully saturated rings. The van der Waals surface area contributed by atoms with Crippen LogP contribution >= 0.6 is 0 Å². The van der Waals surface area contributed by atoms with Crippen LogP contribution in [0.15, 0.2) is 60.7 Å². The maximum atomic E-state index is 7.21. The van der Waals surface area contributed by atoms with Gasteiger partial charge in [-0.1, -0.05) is 90.4 Å². The lowest BCUT2D eigenvalue weighted by atomic mass is 10.4. The summed E-state index contributed by atoms with van der Waals surface area (Å²) in [6.07, 6.45) is 1.69. The number of hydrogen-bond donors (Lipinski definition) is 1. The normalized spacial score (nSPS) is 11.3. The van der Waals surface area contributed by atoms with Gasteiger partial charge in [0, 0.05) is 0 Å². The van der Waals surface area contributed by atoms with Crippen LogP contribution in [0.5, 0.6) is 0 Å². The van der Waals surface area contributed by atoms with E-state index in [0.717, 1.165) is 19.0 Å². The van der Waals surface area contributed by atoms with Crippen LogP contribution in [0.25, 0.3) is 0 Å². The topological polar surface area (TPSA) is 44.5 Å². The summed E-state index contributed by atoms with van der Waals surface area (Å²) in [5, 5.41) is 2.59. The van der Waals surface area contributed by atoms with Crippen LogP contribution in [0, 0.1) is 0 Å². The Labute approximate surface area is 197 Å². The van der Waals surface area contributed by atoms with E-state index in [9.17, 15) is 0 Å². The molecule has 0 unspecified atom stereocenters. The van der Waals surface area contributed by atoms with E-state index >= 15 is 0 Å². The van der Waals surface area contributed by atoms with Gasteiger partial charge in [0.1, 0.15) is 0 Å². The summed E-state index contributed by atoms with van der Waals surface area (Å²) in [5.41, 5.74) is 5.80. The Kier molecular flexibility index (Phi) is 16.6. The number of rotatable bonds is 10. The maximum absolute atomic E-state index is 7.21. The molecule has 0 aliphatic heterocycles. The minimum absolute atomic E-state index is 0. The summed E-state index contributed by atoms with van der Waals surface area (Å²) >= 11 is 0. The van der Waals surface area contributed by atoms with Crippen molar-refractivity contribution in [1.82, 2.24) is 0 Å². The summed E-state index contributed by atoms with van der Waals surface area (Å²) in [4.78, 5) is 0. The Hall–Kier alpha value is -1.03. The molecule has 0 aliphatic carbocycles. The second kappa shape index (κ2) is 14.9. The molecule has 0 amide bonds. The number of benzene rings is 2. The second-order valence-electron chi connectivity index (χ2n) is 8.71. The zero-order chi connectivity index (χ0) is 20.0. The number of nitrogens with two attached hydrogens (primary N) is 1. The van der Waals surface area contributed by atoms with Gasteiger partial charge in [0.15, 0.2) is 16.6 Å². The van der Waals surface area contributed by atoms with Gasteiger partial charge >= 0.3 is 0 Å². The van der Waals surface area contributed by atoms with E-state index in [1.165, 1.54) is 10.4 Å². The highest BCUT2D eigenvalue weighted by Crippen LogP contribution is 2.22. The van der Waals surface area contributed by atoms with Gasteiger partial charge in [-0.05, 0) is 62.1 Å². The van der Waals surface area contributed by atoms with Gasteiger partial charge in [0.05, 0.1) is 6.23 Å². The molecular formula is C25H51NO2Si3. The van der Waals surface area contributed by atoms with E-state index in [-0.39, 0.29) is 29.7 Å². The Morgan fingerprint density at radius 3 is 1.48 bits per heavy atom. The molecule has 0 spiro atoms. The molecule has 0 saturated heterocycles. The van der Waals surface area contributed by atoms with Crippen molar-refractivity contribution in [3.8, 4) is 0 Å². The standard InChI is InChI=1S/C21H35NO2Si3.4CH4/c1-25(2,3)23-19-27(20-13-8-6-9-14-20,21-15-10-7-11-16-21)24-26(4,5)18-12-17-22;;;;/h6-11,13-16H,12,17-19,22H2,1-5H3;4*1H4. The van der Waals surface area contributed by atoms with E-state index < -0.39 is 25.0 Å². The summed E-state index contributed by atoms with van der Waals surface area (Å²) in [7, 11) is -6.10. The lowest BCUT2D eigenvalue weighted by Crippen LogP contribution is -2.69. The Balaban J connectivity index is -0.00000196. The molecule has 31 heavy (non-hydrogen) atoms. The highest BCUT2D eigenvalue weighted by atomic mass is 28.4. The highest BCUT2D eigenvalue weighted by Gasteiger charge is 2.45. The highest BCUT2D eigenvalue weighted by molar-refractivity contribution is 7.02. The van der Waals surface area contributed by atoms with Crippen LogP contribution in [-0.4, -0.2) is 37.7 Å². The van der Waals surface area contributed by atoms with Gasteiger partial charge < -0.3 is 14.3 Å². The second-order valence-corrected chi connectivity index (χ2v) is 21.2. The van der Waals surface area contributed by atoms with Crippen molar-refractivity contribution < 1.29 is 8.54 Å². The van der Waals surface area contributed by atoms with E-state index in [4.69, 9.17) is 14.3 Å². The van der Waals surface area contributed by atoms with Gasteiger partial charge in [-0.3, -0.25) is 0 Å². The molecular weight excluding hydrogens is 431 g/mol. The van der Waals surface area contributed by atoms with Gasteiger partial charge in [-0.25, -0.2) is 0 Å². The van der Waals surface area contributed by atoms with Crippen molar-refractivity contribution in [1.29, 1.82) is 0 Å². The lowest BCUT2D eigenvalue weighted by Gasteiger charge is -2.40. The minimum Gasteiger partial charge on any atom is -0.448 e. The maximum Gasteiger partial charge on any atom is 0.270 e. The molecule has 2 rings (SSSR count). The Morgan fingerprint density at radius 2 is 1.13 bits per heavy atom. The third-order valence-corrected chi connectivity index (χ3v) is 14.2. The first kappa shape index (κ1) is 34.6. The summed E-state index contributed by atoms with van der Waals surface area (Å²) in [6, 6.07) is 22.6. The molecule has 0 aliphatic rings. The molecule has 3 nitrogen and oxygen atoms in total. The summed E-state index contributed by atoms with van der Waals surface area (Å²) in [5.74, 6) is 0. The molecule has 0 saturated carbocycles. The summed E-state index contributed by atoms with van der Waals surface area (Å²) in [6.45, 7) is 12.1. The van der Waals surface area contributed by atoms with Crippen LogP contribution in [0.3, 0.4) is 0 Å². The van der Waals surface area contributed by atoms with Gasteiger partial charge in [-0.15, -0.1) is 0 Å². The molecule has 2 N–H and O–H groups in total. The Bertz CT molecular complexity index is 649. The average molecular weight is 482 g/mol. The van der Waals surface area contributed by atoms with Gasteiger partial charge in [-0.2, -0.15) is 0 Å². The molecule has 180 valence electrons. The fraction of sp³-hybridized carbons (Fsp3) is 0.520. The number of hydrogen-bond acceptors (Lipinski definition) is 3. The van der Waals surface area contributed by atoms with E-state index in [1.807, 2.05) is 0 Å². The zero-order valence-corrected chi connectivity index (χ0v) is 20.5. The molecule has 0 heterocycles. The fourth-order valence-electron chi connectivity index (χ4n) is 3.26. The smallest absolute Gasteiger partial charge is 0.270 e. The van der Waals surface area contributed by atoms with Crippen LogP contribution in [0.2, 0.25) is 38.8 Å². The van der Waals surface area contributed by atoms with Crippen molar-refractivity contribution in [2.75, 3.05) is 12.8 Å². The van der Waals surface area contributed by atoms with Crippen molar-refractivity contribution in [3.05, 3.63) is 60.7 Å². The molecule has 0 aromatic heterocycles. The molecule has 2 aromatic rings. The van der Waals surface area contributed by atoms with Crippen LogP contribution in [0.1, 0.15) is 36.1 Å². The van der Waals surface area contributed by atoms with Crippen LogP contribution in [-0.2, 0) is 8.54 Å². The van der Waals surface area contributed by atoms with E-state index in [0.29, 0.717) is 6.23 Å². The molecule has 0 radical (unpaired) electrons. The summed E-state index contributed by atoms with van der Waals surface area (Å²) < 4.78 is 13.7. The van der Waals surface area contributed by atoms with Gasteiger partial charge in [0.25, 0.3) is 8.32 Å². The predicted molar refractivity (Wildman–Crippen MR) is 151 cm³/mol.